The molecular weight excluding hydrogens is 160 g/mol. The van der Waals surface area contributed by atoms with Crippen LogP contribution in [0.15, 0.2) is 0 Å². The molecule has 1 rings (SSSR count). The van der Waals surface area contributed by atoms with Gasteiger partial charge in [-0.25, -0.2) is 0 Å². The SMILES string of the molecule is CCCCCCCC1(O)CCCC1. The summed E-state index contributed by atoms with van der Waals surface area (Å²) in [5, 5.41) is 10.0. The van der Waals surface area contributed by atoms with Crippen molar-refractivity contribution in [1.82, 2.24) is 0 Å². The molecule has 1 nitrogen and oxygen atoms in total. The lowest BCUT2D eigenvalue weighted by molar-refractivity contribution is 0.0361. The van der Waals surface area contributed by atoms with Crippen molar-refractivity contribution in [1.29, 1.82) is 0 Å². The molecule has 1 saturated carbocycles. The summed E-state index contributed by atoms with van der Waals surface area (Å²) in [6.07, 6.45) is 12.2. The minimum atomic E-state index is -0.258. The molecule has 0 aromatic carbocycles. The van der Waals surface area contributed by atoms with Crippen LogP contribution in [0.25, 0.3) is 0 Å². The van der Waals surface area contributed by atoms with Gasteiger partial charge in [-0.05, 0) is 19.3 Å². The monoisotopic (exact) mass is 184 g/mol. The molecule has 0 unspecified atom stereocenters. The average molecular weight is 184 g/mol. The van der Waals surface area contributed by atoms with Crippen molar-refractivity contribution in [3.63, 3.8) is 0 Å². The maximum Gasteiger partial charge on any atom is 0.0647 e. The van der Waals surface area contributed by atoms with Crippen molar-refractivity contribution in [2.75, 3.05) is 0 Å². The van der Waals surface area contributed by atoms with E-state index in [1.807, 2.05) is 0 Å². The molecule has 0 spiro atoms. The van der Waals surface area contributed by atoms with Crippen LogP contribution in [-0.4, -0.2) is 10.7 Å². The Hall–Kier alpha value is -0.0400. The molecule has 0 aromatic heterocycles. The van der Waals surface area contributed by atoms with E-state index in [1.54, 1.807) is 0 Å². The Labute approximate surface area is 82.5 Å². The molecule has 0 atom stereocenters. The van der Waals surface area contributed by atoms with E-state index < -0.39 is 0 Å². The topological polar surface area (TPSA) is 20.2 Å². The molecule has 1 aliphatic carbocycles. The van der Waals surface area contributed by atoms with Crippen LogP contribution in [0.2, 0.25) is 0 Å². The quantitative estimate of drug-likeness (QED) is 0.625. The first-order valence-electron chi connectivity index (χ1n) is 5.99. The predicted octanol–water partition coefficient (Wildman–Crippen LogP) is 3.65. The number of aliphatic hydroxyl groups is 1. The number of hydrogen-bond donors (Lipinski definition) is 1. The second-order valence-corrected chi connectivity index (χ2v) is 4.60. The van der Waals surface area contributed by atoms with E-state index in [0.717, 1.165) is 19.3 Å². The Morgan fingerprint density at radius 3 is 2.23 bits per heavy atom. The van der Waals surface area contributed by atoms with E-state index in [2.05, 4.69) is 6.92 Å². The molecule has 78 valence electrons. The van der Waals surface area contributed by atoms with Crippen LogP contribution in [0.4, 0.5) is 0 Å². The van der Waals surface area contributed by atoms with E-state index in [-0.39, 0.29) is 5.60 Å². The molecule has 1 heteroatoms. The molecule has 0 aromatic rings. The fourth-order valence-electron chi connectivity index (χ4n) is 2.34. The molecule has 0 amide bonds. The van der Waals surface area contributed by atoms with Crippen molar-refractivity contribution < 1.29 is 5.11 Å². The Bertz CT molecular complexity index is 125. The minimum Gasteiger partial charge on any atom is -0.390 e. The van der Waals surface area contributed by atoms with Crippen LogP contribution < -0.4 is 0 Å². The molecule has 1 N–H and O–H groups in total. The predicted molar refractivity (Wildman–Crippen MR) is 56.8 cm³/mol. The zero-order valence-electron chi connectivity index (χ0n) is 9.02. The molecular formula is C12H24O. The summed E-state index contributed by atoms with van der Waals surface area (Å²) in [5.74, 6) is 0. The van der Waals surface area contributed by atoms with Gasteiger partial charge in [0.2, 0.25) is 0 Å². The number of rotatable bonds is 6. The maximum absolute atomic E-state index is 10.0. The van der Waals surface area contributed by atoms with Gasteiger partial charge in [0.25, 0.3) is 0 Å². The van der Waals surface area contributed by atoms with E-state index in [1.165, 1.54) is 44.9 Å². The molecule has 0 aliphatic heterocycles. The molecule has 1 fully saturated rings. The molecule has 1 aliphatic rings. The average Bonchev–Trinajstić information content (AvgIpc) is 2.53. The Morgan fingerprint density at radius 2 is 1.62 bits per heavy atom. The highest BCUT2D eigenvalue weighted by Crippen LogP contribution is 2.33. The summed E-state index contributed by atoms with van der Waals surface area (Å²) in [7, 11) is 0. The summed E-state index contributed by atoms with van der Waals surface area (Å²) in [6, 6.07) is 0. The fourth-order valence-corrected chi connectivity index (χ4v) is 2.34. The third-order valence-corrected chi connectivity index (χ3v) is 3.28. The first-order valence-corrected chi connectivity index (χ1v) is 5.99. The summed E-state index contributed by atoms with van der Waals surface area (Å²) in [5.41, 5.74) is -0.258. The van der Waals surface area contributed by atoms with Crippen molar-refractivity contribution in [3.8, 4) is 0 Å². The highest BCUT2D eigenvalue weighted by molar-refractivity contribution is 4.83. The van der Waals surface area contributed by atoms with Gasteiger partial charge in [0.05, 0.1) is 5.60 Å². The summed E-state index contributed by atoms with van der Waals surface area (Å²) in [4.78, 5) is 0. The van der Waals surface area contributed by atoms with E-state index in [9.17, 15) is 5.11 Å². The largest absolute Gasteiger partial charge is 0.390 e. The minimum absolute atomic E-state index is 0.258. The standard InChI is InChI=1S/C12H24O/c1-2-3-4-5-6-9-12(13)10-7-8-11-12/h13H,2-11H2,1H3. The van der Waals surface area contributed by atoms with Gasteiger partial charge in [-0.15, -0.1) is 0 Å². The van der Waals surface area contributed by atoms with Gasteiger partial charge in [0.1, 0.15) is 0 Å². The van der Waals surface area contributed by atoms with Crippen LogP contribution in [0, 0.1) is 0 Å². The van der Waals surface area contributed by atoms with Crippen molar-refractivity contribution in [2.45, 2.75) is 76.7 Å². The van der Waals surface area contributed by atoms with Gasteiger partial charge in [-0.3, -0.25) is 0 Å². The van der Waals surface area contributed by atoms with Gasteiger partial charge in [0, 0.05) is 0 Å². The molecule has 13 heavy (non-hydrogen) atoms. The normalized spacial score (nSPS) is 20.8. The lowest BCUT2D eigenvalue weighted by Crippen LogP contribution is -2.23. The summed E-state index contributed by atoms with van der Waals surface area (Å²) >= 11 is 0. The van der Waals surface area contributed by atoms with Gasteiger partial charge in [0.15, 0.2) is 0 Å². The molecule has 0 saturated heterocycles. The van der Waals surface area contributed by atoms with Crippen LogP contribution in [0.5, 0.6) is 0 Å². The fraction of sp³-hybridized carbons (Fsp3) is 1.00. The maximum atomic E-state index is 10.0. The van der Waals surface area contributed by atoms with E-state index >= 15 is 0 Å². The van der Waals surface area contributed by atoms with E-state index in [4.69, 9.17) is 0 Å². The number of hydrogen-bond acceptors (Lipinski definition) is 1. The van der Waals surface area contributed by atoms with Gasteiger partial charge < -0.3 is 5.11 Å². The smallest absolute Gasteiger partial charge is 0.0647 e. The molecule has 0 heterocycles. The summed E-state index contributed by atoms with van der Waals surface area (Å²) in [6.45, 7) is 2.24. The van der Waals surface area contributed by atoms with Crippen molar-refractivity contribution >= 4 is 0 Å². The van der Waals surface area contributed by atoms with Gasteiger partial charge >= 0.3 is 0 Å². The lowest BCUT2D eigenvalue weighted by Gasteiger charge is -2.21. The Balaban J connectivity index is 1.98. The lowest BCUT2D eigenvalue weighted by atomic mass is 9.94. The number of unbranched alkanes of at least 4 members (excludes halogenated alkanes) is 4. The highest BCUT2D eigenvalue weighted by Gasteiger charge is 2.29. The second-order valence-electron chi connectivity index (χ2n) is 4.60. The van der Waals surface area contributed by atoms with Gasteiger partial charge in [-0.2, -0.15) is 0 Å². The van der Waals surface area contributed by atoms with Crippen LogP contribution in [-0.2, 0) is 0 Å². The van der Waals surface area contributed by atoms with Crippen molar-refractivity contribution in [2.24, 2.45) is 0 Å². The highest BCUT2D eigenvalue weighted by atomic mass is 16.3. The zero-order valence-corrected chi connectivity index (χ0v) is 9.02. The summed E-state index contributed by atoms with van der Waals surface area (Å²) < 4.78 is 0. The first-order chi connectivity index (χ1) is 6.27. The molecule has 0 bridgehead atoms. The third-order valence-electron chi connectivity index (χ3n) is 3.28. The molecule has 0 radical (unpaired) electrons. The Kier molecular flexibility index (Phi) is 4.79. The zero-order chi connectivity index (χ0) is 9.57. The van der Waals surface area contributed by atoms with Crippen LogP contribution >= 0.6 is 0 Å². The van der Waals surface area contributed by atoms with Crippen LogP contribution in [0.1, 0.15) is 71.1 Å². The first kappa shape index (κ1) is 11.0. The second kappa shape index (κ2) is 5.64. The van der Waals surface area contributed by atoms with Crippen LogP contribution in [0.3, 0.4) is 0 Å². The third kappa shape index (κ3) is 4.12. The van der Waals surface area contributed by atoms with Gasteiger partial charge in [-0.1, -0.05) is 51.9 Å². The van der Waals surface area contributed by atoms with E-state index in [0.29, 0.717) is 0 Å². The van der Waals surface area contributed by atoms with Crippen molar-refractivity contribution in [3.05, 3.63) is 0 Å². The Morgan fingerprint density at radius 1 is 1.00 bits per heavy atom.